The summed E-state index contributed by atoms with van der Waals surface area (Å²) >= 11 is 3.56. The molecule has 1 fully saturated rings. The van der Waals surface area contributed by atoms with Crippen LogP contribution in [0, 0.1) is 0 Å². The predicted molar refractivity (Wildman–Crippen MR) is 70.8 cm³/mol. The minimum Gasteiger partial charge on any atom is -0.399 e. The van der Waals surface area contributed by atoms with E-state index in [1.54, 1.807) is 0 Å². The largest absolute Gasteiger partial charge is 0.399 e. The number of nitrogen functional groups attached to an aromatic ring is 1. The van der Waals surface area contributed by atoms with E-state index in [0.717, 1.165) is 36.2 Å². The Morgan fingerprint density at radius 3 is 2.69 bits per heavy atom. The molecule has 0 bridgehead atoms. The van der Waals surface area contributed by atoms with Crippen molar-refractivity contribution in [3.8, 4) is 0 Å². The van der Waals surface area contributed by atoms with Crippen molar-refractivity contribution in [3.05, 3.63) is 22.7 Å². The lowest BCUT2D eigenvalue weighted by molar-refractivity contribution is 0.0854. The molecule has 2 N–H and O–H groups in total. The molecule has 0 unspecified atom stereocenters. The fourth-order valence-electron chi connectivity index (χ4n) is 2.08. The highest BCUT2D eigenvalue weighted by atomic mass is 79.9. The van der Waals surface area contributed by atoms with Crippen LogP contribution >= 0.6 is 15.9 Å². The maximum atomic E-state index is 5.74. The summed E-state index contributed by atoms with van der Waals surface area (Å²) in [6.07, 6.45) is 2.18. The lowest BCUT2D eigenvalue weighted by Crippen LogP contribution is -2.36. The Morgan fingerprint density at radius 1 is 1.38 bits per heavy atom. The average Bonchev–Trinajstić information content (AvgIpc) is 2.29. The van der Waals surface area contributed by atoms with Gasteiger partial charge in [-0.15, -0.1) is 0 Å². The van der Waals surface area contributed by atoms with Gasteiger partial charge in [-0.25, -0.2) is 0 Å². The summed E-state index contributed by atoms with van der Waals surface area (Å²) in [4.78, 5) is 2.31. The topological polar surface area (TPSA) is 38.5 Å². The van der Waals surface area contributed by atoms with Gasteiger partial charge in [-0.1, -0.05) is 0 Å². The minimum absolute atomic E-state index is 0.564. The zero-order valence-corrected chi connectivity index (χ0v) is 11.0. The number of anilines is 2. The molecule has 3 nitrogen and oxygen atoms in total. The van der Waals surface area contributed by atoms with E-state index in [1.165, 1.54) is 5.69 Å². The normalized spacial score (nSPS) is 17.4. The van der Waals surface area contributed by atoms with E-state index in [9.17, 15) is 0 Å². The fourth-order valence-corrected chi connectivity index (χ4v) is 2.75. The second-order valence-electron chi connectivity index (χ2n) is 4.17. The molecular formula is C12H17BrN2O. The van der Waals surface area contributed by atoms with Crippen LogP contribution in [0.3, 0.4) is 0 Å². The highest BCUT2D eigenvalue weighted by molar-refractivity contribution is 9.10. The van der Waals surface area contributed by atoms with Gasteiger partial charge in [0.05, 0.1) is 5.69 Å². The highest BCUT2D eigenvalue weighted by Gasteiger charge is 2.19. The molecule has 1 saturated heterocycles. The van der Waals surface area contributed by atoms with Crippen molar-refractivity contribution in [2.24, 2.45) is 0 Å². The lowest BCUT2D eigenvalue weighted by atomic mass is 10.1. The molecule has 0 saturated carbocycles. The molecule has 0 amide bonds. The molecule has 1 aliphatic heterocycles. The molecule has 0 spiro atoms. The number of ether oxygens (including phenoxy) is 1. The molecule has 0 atom stereocenters. The Labute approximate surface area is 105 Å². The Morgan fingerprint density at radius 2 is 2.06 bits per heavy atom. The van der Waals surface area contributed by atoms with E-state index < -0.39 is 0 Å². The number of benzene rings is 1. The van der Waals surface area contributed by atoms with Crippen molar-refractivity contribution in [2.75, 3.05) is 30.9 Å². The molecule has 0 radical (unpaired) electrons. The van der Waals surface area contributed by atoms with Crippen LogP contribution in [-0.2, 0) is 4.74 Å². The molecule has 1 aromatic rings. The van der Waals surface area contributed by atoms with E-state index >= 15 is 0 Å². The summed E-state index contributed by atoms with van der Waals surface area (Å²) in [5, 5.41) is 0. The molecule has 1 aromatic carbocycles. The highest BCUT2D eigenvalue weighted by Crippen LogP contribution is 2.30. The molecule has 4 heteroatoms. The first-order valence-electron chi connectivity index (χ1n) is 5.54. The molecule has 1 heterocycles. The van der Waals surface area contributed by atoms with Gasteiger partial charge < -0.3 is 15.4 Å². The molecule has 0 aliphatic carbocycles. The molecular weight excluding hydrogens is 268 g/mol. The summed E-state index contributed by atoms with van der Waals surface area (Å²) < 4.78 is 6.43. The van der Waals surface area contributed by atoms with Crippen LogP contribution in [0.1, 0.15) is 12.8 Å². The Kier molecular flexibility index (Phi) is 3.71. The van der Waals surface area contributed by atoms with Crippen LogP contribution in [0.25, 0.3) is 0 Å². The molecule has 88 valence electrons. The Hall–Kier alpha value is -0.740. The van der Waals surface area contributed by atoms with Gasteiger partial charge in [0.2, 0.25) is 0 Å². The van der Waals surface area contributed by atoms with Crippen LogP contribution in [-0.4, -0.2) is 26.3 Å². The Balaban J connectivity index is 2.15. The Bertz CT molecular complexity index is 364. The van der Waals surface area contributed by atoms with Crippen LogP contribution in [0.4, 0.5) is 11.4 Å². The standard InChI is InChI=1S/C12H17BrN2O/c1-15(10-4-6-16-7-5-10)12-3-2-9(14)8-11(12)13/h2-3,8,10H,4-7,14H2,1H3. The zero-order chi connectivity index (χ0) is 11.5. The van der Waals surface area contributed by atoms with Gasteiger partial charge >= 0.3 is 0 Å². The van der Waals surface area contributed by atoms with Crippen molar-refractivity contribution in [1.29, 1.82) is 0 Å². The first kappa shape index (κ1) is 11.7. The van der Waals surface area contributed by atoms with E-state index in [2.05, 4.69) is 33.9 Å². The molecule has 2 rings (SSSR count). The first-order valence-corrected chi connectivity index (χ1v) is 6.33. The van der Waals surface area contributed by atoms with Crippen LogP contribution in [0.2, 0.25) is 0 Å². The van der Waals surface area contributed by atoms with Crippen molar-refractivity contribution in [3.63, 3.8) is 0 Å². The van der Waals surface area contributed by atoms with Crippen LogP contribution in [0.15, 0.2) is 22.7 Å². The number of rotatable bonds is 2. The number of nitrogens with two attached hydrogens (primary N) is 1. The SMILES string of the molecule is CN(c1ccc(N)cc1Br)C1CCOCC1. The number of halogens is 1. The summed E-state index contributed by atoms with van der Waals surface area (Å²) in [5.74, 6) is 0. The van der Waals surface area contributed by atoms with Gasteiger partial charge in [0.15, 0.2) is 0 Å². The van der Waals surface area contributed by atoms with Gasteiger partial charge in [-0.3, -0.25) is 0 Å². The number of hydrogen-bond acceptors (Lipinski definition) is 3. The third-order valence-electron chi connectivity index (χ3n) is 3.09. The zero-order valence-electron chi connectivity index (χ0n) is 9.45. The molecule has 0 aromatic heterocycles. The van der Waals surface area contributed by atoms with Crippen molar-refractivity contribution in [2.45, 2.75) is 18.9 Å². The van der Waals surface area contributed by atoms with Gasteiger partial charge in [0.1, 0.15) is 0 Å². The second-order valence-corrected chi connectivity index (χ2v) is 5.02. The molecule has 16 heavy (non-hydrogen) atoms. The number of hydrogen-bond donors (Lipinski definition) is 1. The van der Waals surface area contributed by atoms with Gasteiger partial charge in [-0.2, -0.15) is 0 Å². The maximum Gasteiger partial charge on any atom is 0.0512 e. The van der Waals surface area contributed by atoms with E-state index in [0.29, 0.717) is 6.04 Å². The minimum atomic E-state index is 0.564. The fraction of sp³-hybridized carbons (Fsp3) is 0.500. The van der Waals surface area contributed by atoms with Gasteiger partial charge in [-0.05, 0) is 47.0 Å². The number of nitrogens with zero attached hydrogens (tertiary/aromatic N) is 1. The monoisotopic (exact) mass is 284 g/mol. The van der Waals surface area contributed by atoms with Gasteiger partial charge in [0.25, 0.3) is 0 Å². The summed E-state index contributed by atoms with van der Waals surface area (Å²) in [6, 6.07) is 6.52. The third kappa shape index (κ3) is 2.50. The average molecular weight is 285 g/mol. The maximum absolute atomic E-state index is 5.74. The van der Waals surface area contributed by atoms with E-state index in [4.69, 9.17) is 10.5 Å². The smallest absolute Gasteiger partial charge is 0.0512 e. The lowest BCUT2D eigenvalue weighted by Gasteiger charge is -2.33. The third-order valence-corrected chi connectivity index (χ3v) is 3.73. The summed E-state index contributed by atoms with van der Waals surface area (Å²) in [7, 11) is 2.13. The van der Waals surface area contributed by atoms with Crippen LogP contribution in [0.5, 0.6) is 0 Å². The summed E-state index contributed by atoms with van der Waals surface area (Å²) in [6.45, 7) is 1.73. The van der Waals surface area contributed by atoms with E-state index in [-0.39, 0.29) is 0 Å². The second kappa shape index (κ2) is 5.06. The summed E-state index contributed by atoms with van der Waals surface area (Å²) in [5.41, 5.74) is 7.72. The van der Waals surface area contributed by atoms with Crippen molar-refractivity contribution < 1.29 is 4.74 Å². The van der Waals surface area contributed by atoms with E-state index in [1.807, 2.05) is 12.1 Å². The molecule has 1 aliphatic rings. The van der Waals surface area contributed by atoms with Crippen LogP contribution < -0.4 is 10.6 Å². The van der Waals surface area contributed by atoms with Crippen molar-refractivity contribution in [1.82, 2.24) is 0 Å². The first-order chi connectivity index (χ1) is 7.68. The predicted octanol–water partition coefficient (Wildman–Crippen LogP) is 2.65. The van der Waals surface area contributed by atoms with Gasteiger partial charge in [0, 0.05) is 36.5 Å². The quantitative estimate of drug-likeness (QED) is 0.849. The van der Waals surface area contributed by atoms with Crippen molar-refractivity contribution >= 4 is 27.3 Å².